The molecule has 1 aromatic rings. The summed E-state index contributed by atoms with van der Waals surface area (Å²) in [7, 11) is -1.01. The van der Waals surface area contributed by atoms with Gasteiger partial charge in [0.25, 0.3) is 0 Å². The first kappa shape index (κ1) is 25.9. The molecule has 0 radical (unpaired) electrons. The van der Waals surface area contributed by atoms with E-state index in [9.17, 15) is 18.0 Å². The topological polar surface area (TPSA) is 90.0 Å². The summed E-state index contributed by atoms with van der Waals surface area (Å²) in [4.78, 5) is 28.3. The first-order chi connectivity index (χ1) is 14.6. The van der Waals surface area contributed by atoms with Crippen LogP contribution in [0.3, 0.4) is 0 Å². The Bertz CT molecular complexity index is 876. The van der Waals surface area contributed by atoms with Gasteiger partial charge in [0, 0.05) is 25.7 Å². The van der Waals surface area contributed by atoms with Gasteiger partial charge in [0.05, 0.1) is 18.1 Å². The van der Waals surface area contributed by atoms with Gasteiger partial charge >= 0.3 is 0 Å². The van der Waals surface area contributed by atoms with E-state index in [4.69, 9.17) is 23.2 Å². The van der Waals surface area contributed by atoms with E-state index in [0.29, 0.717) is 11.6 Å². The summed E-state index contributed by atoms with van der Waals surface area (Å²) >= 11 is 11.8. The van der Waals surface area contributed by atoms with E-state index in [1.807, 2.05) is 0 Å². The molecule has 11 heteroatoms. The van der Waals surface area contributed by atoms with Crippen molar-refractivity contribution in [3.05, 3.63) is 28.2 Å². The maximum absolute atomic E-state index is 12.6. The fourth-order valence-corrected chi connectivity index (χ4v) is 5.19. The number of carbonyl (C=O) groups is 2. The van der Waals surface area contributed by atoms with Gasteiger partial charge in [-0.15, -0.1) is 0 Å². The third-order valence-electron chi connectivity index (χ3n) is 5.23. The zero-order valence-electron chi connectivity index (χ0n) is 17.9. The molecule has 0 aromatic heterocycles. The number of unbranched alkanes of at least 4 members (excludes halogenated alkanes) is 1. The number of amides is 2. The highest BCUT2D eigenvalue weighted by Crippen LogP contribution is 2.26. The van der Waals surface area contributed by atoms with Gasteiger partial charge in [0.1, 0.15) is 4.90 Å². The summed E-state index contributed by atoms with van der Waals surface area (Å²) in [6, 6.07) is 4.02. The van der Waals surface area contributed by atoms with Crippen LogP contribution in [0.2, 0.25) is 10.0 Å². The molecule has 1 aliphatic rings. The Morgan fingerprint density at radius 1 is 1.13 bits per heavy atom. The average molecular weight is 493 g/mol. The van der Waals surface area contributed by atoms with Crippen LogP contribution in [0.15, 0.2) is 23.1 Å². The summed E-state index contributed by atoms with van der Waals surface area (Å²) in [6.45, 7) is 3.37. The van der Waals surface area contributed by atoms with Gasteiger partial charge in [-0.25, -0.2) is 8.42 Å². The largest absolute Gasteiger partial charge is 0.346 e. The highest BCUT2D eigenvalue weighted by atomic mass is 35.5. The third-order valence-corrected chi connectivity index (χ3v) is 7.75. The Hall–Kier alpha value is -1.39. The minimum Gasteiger partial charge on any atom is -0.346 e. The fourth-order valence-electron chi connectivity index (χ4n) is 3.32. The number of nitrogens with zero attached hydrogens (tertiary/aromatic N) is 3. The monoisotopic (exact) mass is 492 g/mol. The van der Waals surface area contributed by atoms with Crippen molar-refractivity contribution in [3.63, 3.8) is 0 Å². The second-order valence-corrected chi connectivity index (χ2v) is 10.5. The zero-order chi connectivity index (χ0) is 23.0. The molecule has 1 aliphatic heterocycles. The summed E-state index contributed by atoms with van der Waals surface area (Å²) in [6.07, 6.45) is 4.46. The normalized spacial score (nSPS) is 14.7. The molecule has 1 aromatic carbocycles. The fraction of sp³-hybridized carbons (Fsp3) is 0.600. The van der Waals surface area contributed by atoms with Crippen molar-refractivity contribution >= 4 is 45.0 Å². The Labute approximate surface area is 194 Å². The molecule has 0 atom stereocenters. The van der Waals surface area contributed by atoms with Gasteiger partial charge in [-0.1, -0.05) is 23.2 Å². The van der Waals surface area contributed by atoms with Crippen LogP contribution in [-0.2, 0) is 19.6 Å². The van der Waals surface area contributed by atoms with Crippen molar-refractivity contribution in [2.45, 2.75) is 30.6 Å². The lowest BCUT2D eigenvalue weighted by Gasteiger charge is -2.20. The number of rotatable bonds is 11. The van der Waals surface area contributed by atoms with Crippen LogP contribution in [0, 0.1) is 0 Å². The molecule has 1 fully saturated rings. The van der Waals surface area contributed by atoms with Gasteiger partial charge in [0.15, 0.2) is 0 Å². The Morgan fingerprint density at radius 3 is 2.45 bits per heavy atom. The standard InChI is InChI=1S/C20H30Cl2N4O4S/c1-24(9-3-4-10-26-11-5-6-12-26)20(28)14-23-19(27)15-25(2)31(29,30)18-8-7-16(21)13-17(18)22/h7-8,13H,3-6,9-12,14-15H2,1-2H3,(H,23,27). The first-order valence-electron chi connectivity index (χ1n) is 10.3. The molecule has 1 heterocycles. The van der Waals surface area contributed by atoms with Crippen molar-refractivity contribution in [1.82, 2.24) is 19.4 Å². The molecule has 1 N–H and O–H groups in total. The van der Waals surface area contributed by atoms with Crippen LogP contribution in [0.5, 0.6) is 0 Å². The smallest absolute Gasteiger partial charge is 0.244 e. The van der Waals surface area contributed by atoms with E-state index in [1.165, 1.54) is 38.1 Å². The van der Waals surface area contributed by atoms with Crippen LogP contribution >= 0.6 is 23.2 Å². The number of hydrogen-bond donors (Lipinski definition) is 1. The Morgan fingerprint density at radius 2 is 1.81 bits per heavy atom. The molecule has 0 unspecified atom stereocenters. The van der Waals surface area contributed by atoms with E-state index in [-0.39, 0.29) is 22.4 Å². The molecule has 0 saturated carbocycles. The highest BCUT2D eigenvalue weighted by Gasteiger charge is 2.25. The molecule has 31 heavy (non-hydrogen) atoms. The van der Waals surface area contributed by atoms with Crippen molar-refractivity contribution in [3.8, 4) is 0 Å². The Kier molecular flexibility index (Phi) is 10.0. The summed E-state index contributed by atoms with van der Waals surface area (Å²) in [5.74, 6) is -0.798. The molecular weight excluding hydrogens is 463 g/mol. The molecule has 174 valence electrons. The number of likely N-dealkylation sites (tertiary alicyclic amines) is 1. The lowest BCUT2D eigenvalue weighted by Crippen LogP contribution is -2.43. The van der Waals surface area contributed by atoms with E-state index < -0.39 is 22.5 Å². The predicted octanol–water partition coefficient (Wildman–Crippen LogP) is 2.06. The quantitative estimate of drug-likeness (QED) is 0.477. The number of hydrogen-bond acceptors (Lipinski definition) is 5. The van der Waals surface area contributed by atoms with Crippen molar-refractivity contribution in [2.75, 3.05) is 53.4 Å². The molecule has 0 bridgehead atoms. The highest BCUT2D eigenvalue weighted by molar-refractivity contribution is 7.89. The van der Waals surface area contributed by atoms with E-state index >= 15 is 0 Å². The molecule has 8 nitrogen and oxygen atoms in total. The summed E-state index contributed by atoms with van der Waals surface area (Å²) < 4.78 is 26.1. The van der Waals surface area contributed by atoms with Crippen LogP contribution in [0.4, 0.5) is 0 Å². The van der Waals surface area contributed by atoms with E-state index in [0.717, 1.165) is 36.8 Å². The third kappa shape index (κ3) is 7.91. The van der Waals surface area contributed by atoms with Crippen LogP contribution in [0.25, 0.3) is 0 Å². The number of nitrogens with one attached hydrogen (secondary N) is 1. The predicted molar refractivity (Wildman–Crippen MR) is 122 cm³/mol. The van der Waals surface area contributed by atoms with Gasteiger partial charge in [-0.3, -0.25) is 9.59 Å². The van der Waals surface area contributed by atoms with Gasteiger partial charge in [0.2, 0.25) is 21.8 Å². The molecule has 1 saturated heterocycles. The number of carbonyl (C=O) groups excluding carboxylic acids is 2. The molecule has 0 aliphatic carbocycles. The molecular formula is C20H30Cl2N4O4S. The van der Waals surface area contributed by atoms with Gasteiger partial charge in [-0.05, 0) is 63.5 Å². The Balaban J connectivity index is 1.73. The number of sulfonamides is 1. The van der Waals surface area contributed by atoms with Crippen molar-refractivity contribution in [2.24, 2.45) is 0 Å². The first-order valence-corrected chi connectivity index (χ1v) is 12.5. The second-order valence-electron chi connectivity index (χ2n) is 7.68. The minimum atomic E-state index is -3.98. The van der Waals surface area contributed by atoms with Crippen LogP contribution in [-0.4, -0.2) is 87.7 Å². The van der Waals surface area contributed by atoms with Crippen LogP contribution in [0.1, 0.15) is 25.7 Å². The van der Waals surface area contributed by atoms with Gasteiger partial charge in [-0.2, -0.15) is 4.31 Å². The number of likely N-dealkylation sites (N-methyl/N-ethyl adjacent to an activating group) is 2. The van der Waals surface area contributed by atoms with Crippen LogP contribution < -0.4 is 5.32 Å². The van der Waals surface area contributed by atoms with Crippen molar-refractivity contribution < 1.29 is 18.0 Å². The minimum absolute atomic E-state index is 0.0266. The van der Waals surface area contributed by atoms with E-state index in [1.54, 1.807) is 11.9 Å². The lowest BCUT2D eigenvalue weighted by atomic mass is 10.3. The number of benzene rings is 1. The molecule has 0 spiro atoms. The number of halogens is 2. The van der Waals surface area contributed by atoms with E-state index in [2.05, 4.69) is 10.2 Å². The zero-order valence-corrected chi connectivity index (χ0v) is 20.3. The lowest BCUT2D eigenvalue weighted by molar-refractivity contribution is -0.131. The summed E-state index contributed by atoms with van der Waals surface area (Å²) in [5, 5.41) is 2.76. The average Bonchev–Trinajstić information content (AvgIpc) is 3.22. The SMILES string of the molecule is CN(CCCCN1CCCC1)C(=O)CNC(=O)CN(C)S(=O)(=O)c1ccc(Cl)cc1Cl. The maximum Gasteiger partial charge on any atom is 0.244 e. The maximum atomic E-state index is 12.6. The summed E-state index contributed by atoms with van der Waals surface area (Å²) in [5.41, 5.74) is 0. The van der Waals surface area contributed by atoms with Crippen molar-refractivity contribution in [1.29, 1.82) is 0 Å². The molecule has 2 rings (SSSR count). The molecule has 2 amide bonds. The second kappa shape index (κ2) is 12.0. The van der Waals surface area contributed by atoms with Gasteiger partial charge < -0.3 is 15.1 Å².